The molecule has 0 radical (unpaired) electrons. The van der Waals surface area contributed by atoms with E-state index < -0.39 is 5.97 Å². The summed E-state index contributed by atoms with van der Waals surface area (Å²) < 4.78 is 0. The minimum absolute atomic E-state index is 0.173. The van der Waals surface area contributed by atoms with E-state index in [-0.39, 0.29) is 11.8 Å². The van der Waals surface area contributed by atoms with Crippen molar-refractivity contribution in [2.24, 2.45) is 5.41 Å². The van der Waals surface area contributed by atoms with Crippen molar-refractivity contribution in [3.8, 4) is 0 Å². The van der Waals surface area contributed by atoms with E-state index in [0.717, 1.165) is 5.56 Å². The summed E-state index contributed by atoms with van der Waals surface area (Å²) in [4.78, 5) is 11.1. The Labute approximate surface area is 128 Å². The number of rotatable bonds is 4. The molecule has 1 aliphatic rings. The molecule has 1 atom stereocenters. The monoisotopic (exact) mass is 288 g/mol. The highest BCUT2D eigenvalue weighted by molar-refractivity contribution is 5.68. The zero-order valence-corrected chi connectivity index (χ0v) is 13.8. The van der Waals surface area contributed by atoms with Gasteiger partial charge in [-0.25, -0.2) is 0 Å². The van der Waals surface area contributed by atoms with Crippen LogP contribution in [0, 0.1) is 5.41 Å². The Kier molecular flexibility index (Phi) is 4.46. The molecule has 1 N–H and O–H groups in total. The molecule has 0 heterocycles. The number of carboxylic acid groups (broad SMARTS) is 1. The first-order valence-electron chi connectivity index (χ1n) is 8.02. The fourth-order valence-electron chi connectivity index (χ4n) is 3.68. The second-order valence-electron chi connectivity index (χ2n) is 8.04. The Hall–Kier alpha value is -1.31. The van der Waals surface area contributed by atoms with Crippen LogP contribution in [0.15, 0.2) is 24.3 Å². The van der Waals surface area contributed by atoms with Gasteiger partial charge in [-0.05, 0) is 41.7 Å². The number of hydrogen-bond donors (Lipinski definition) is 1. The molecule has 21 heavy (non-hydrogen) atoms. The van der Waals surface area contributed by atoms with Crippen LogP contribution in [-0.4, -0.2) is 11.1 Å². The first-order valence-corrected chi connectivity index (χ1v) is 8.02. The van der Waals surface area contributed by atoms with Gasteiger partial charge in [-0.3, -0.25) is 4.79 Å². The van der Waals surface area contributed by atoms with E-state index in [9.17, 15) is 4.79 Å². The van der Waals surface area contributed by atoms with E-state index >= 15 is 0 Å². The molecular formula is C19H28O2. The van der Waals surface area contributed by atoms with Crippen LogP contribution >= 0.6 is 0 Å². The van der Waals surface area contributed by atoms with Gasteiger partial charge in [0, 0.05) is 5.41 Å². The van der Waals surface area contributed by atoms with Crippen LogP contribution in [0.2, 0.25) is 0 Å². The van der Waals surface area contributed by atoms with Crippen molar-refractivity contribution in [2.75, 3.05) is 0 Å². The highest BCUT2D eigenvalue weighted by Crippen LogP contribution is 2.44. The van der Waals surface area contributed by atoms with E-state index in [2.05, 4.69) is 38.1 Å². The third kappa shape index (κ3) is 4.09. The lowest BCUT2D eigenvalue weighted by Crippen LogP contribution is -2.23. The van der Waals surface area contributed by atoms with Crippen LogP contribution < -0.4 is 0 Å². The smallest absolute Gasteiger partial charge is 0.304 e. The number of aliphatic carboxylic acids is 1. The molecule has 0 aromatic heterocycles. The van der Waals surface area contributed by atoms with Gasteiger partial charge in [-0.2, -0.15) is 0 Å². The number of carbonyl (C=O) groups is 1. The molecule has 0 aliphatic heterocycles. The highest BCUT2D eigenvalue weighted by Gasteiger charge is 2.30. The van der Waals surface area contributed by atoms with Crippen LogP contribution in [0.1, 0.15) is 76.8 Å². The summed E-state index contributed by atoms with van der Waals surface area (Å²) in [5, 5.41) is 9.10. The average Bonchev–Trinajstić information content (AvgIpc) is 2.36. The molecule has 1 saturated carbocycles. The zero-order valence-electron chi connectivity index (χ0n) is 13.8. The summed E-state index contributed by atoms with van der Waals surface area (Å²) in [5.41, 5.74) is 2.64. The molecule has 1 aromatic rings. The van der Waals surface area contributed by atoms with Gasteiger partial charge < -0.3 is 5.11 Å². The van der Waals surface area contributed by atoms with Gasteiger partial charge in [0.15, 0.2) is 0 Å². The maximum atomic E-state index is 11.1. The number of benzene rings is 1. The van der Waals surface area contributed by atoms with Crippen LogP contribution in [0.5, 0.6) is 0 Å². The Morgan fingerprint density at radius 1 is 1.38 bits per heavy atom. The second kappa shape index (κ2) is 5.82. The maximum Gasteiger partial charge on any atom is 0.304 e. The predicted molar refractivity (Wildman–Crippen MR) is 86.7 cm³/mol. The first-order chi connectivity index (χ1) is 9.70. The topological polar surface area (TPSA) is 37.3 Å². The zero-order chi connectivity index (χ0) is 15.7. The first kappa shape index (κ1) is 16.1. The molecular weight excluding hydrogens is 260 g/mol. The minimum Gasteiger partial charge on any atom is -0.481 e. The molecule has 2 rings (SSSR count). The summed E-state index contributed by atoms with van der Waals surface area (Å²) >= 11 is 0. The fourth-order valence-corrected chi connectivity index (χ4v) is 3.68. The lowest BCUT2D eigenvalue weighted by Gasteiger charge is -2.36. The van der Waals surface area contributed by atoms with E-state index in [1.807, 2.05) is 13.8 Å². The summed E-state index contributed by atoms with van der Waals surface area (Å²) in [6.07, 6.45) is 5.27. The van der Waals surface area contributed by atoms with Crippen molar-refractivity contribution >= 4 is 5.97 Å². The van der Waals surface area contributed by atoms with E-state index in [1.54, 1.807) is 0 Å². The van der Waals surface area contributed by atoms with Crippen molar-refractivity contribution in [1.82, 2.24) is 0 Å². The molecule has 1 aliphatic carbocycles. The van der Waals surface area contributed by atoms with Crippen molar-refractivity contribution < 1.29 is 9.90 Å². The molecule has 1 aromatic carbocycles. The van der Waals surface area contributed by atoms with Crippen LogP contribution in [0.4, 0.5) is 0 Å². The van der Waals surface area contributed by atoms with Gasteiger partial charge in [-0.1, -0.05) is 58.4 Å². The van der Waals surface area contributed by atoms with Gasteiger partial charge in [0.1, 0.15) is 0 Å². The largest absolute Gasteiger partial charge is 0.481 e. The fraction of sp³-hybridized carbons (Fsp3) is 0.632. The molecule has 2 heteroatoms. The molecule has 1 unspecified atom stereocenters. The average molecular weight is 288 g/mol. The minimum atomic E-state index is -0.732. The third-order valence-corrected chi connectivity index (χ3v) is 4.94. The Balaban J connectivity index is 2.23. The van der Waals surface area contributed by atoms with Gasteiger partial charge in [0.2, 0.25) is 0 Å². The van der Waals surface area contributed by atoms with Crippen molar-refractivity contribution in [3.63, 3.8) is 0 Å². The van der Waals surface area contributed by atoms with Crippen LogP contribution in [-0.2, 0) is 10.2 Å². The third-order valence-electron chi connectivity index (χ3n) is 4.94. The van der Waals surface area contributed by atoms with E-state index in [0.29, 0.717) is 11.3 Å². The SMILES string of the molecule is CC1(C)CCCC(c2cccc(C(C)(C)CC(=O)O)c2)C1. The lowest BCUT2D eigenvalue weighted by atomic mass is 9.69. The molecule has 0 saturated heterocycles. The highest BCUT2D eigenvalue weighted by atomic mass is 16.4. The van der Waals surface area contributed by atoms with Gasteiger partial charge in [0.25, 0.3) is 0 Å². The summed E-state index contributed by atoms with van der Waals surface area (Å²) in [6, 6.07) is 8.62. The molecule has 2 nitrogen and oxygen atoms in total. The Morgan fingerprint density at radius 2 is 2.10 bits per heavy atom. The van der Waals surface area contributed by atoms with Gasteiger partial charge >= 0.3 is 5.97 Å². The van der Waals surface area contributed by atoms with Crippen LogP contribution in [0.3, 0.4) is 0 Å². The summed E-state index contributed by atoms with van der Waals surface area (Å²) in [6.45, 7) is 8.75. The van der Waals surface area contributed by atoms with E-state index in [4.69, 9.17) is 5.11 Å². The molecule has 0 bridgehead atoms. The standard InChI is InChI=1S/C19H28O2/c1-18(2)10-6-8-15(12-18)14-7-5-9-16(11-14)19(3,4)13-17(20)21/h5,7,9,11,15H,6,8,10,12-13H2,1-4H3,(H,20,21). The Morgan fingerprint density at radius 3 is 2.71 bits per heavy atom. The molecule has 1 fully saturated rings. The van der Waals surface area contributed by atoms with E-state index in [1.165, 1.54) is 31.2 Å². The van der Waals surface area contributed by atoms with Gasteiger partial charge in [-0.15, -0.1) is 0 Å². The molecule has 0 spiro atoms. The molecule has 0 amide bonds. The van der Waals surface area contributed by atoms with Crippen molar-refractivity contribution in [3.05, 3.63) is 35.4 Å². The maximum absolute atomic E-state index is 11.1. The second-order valence-corrected chi connectivity index (χ2v) is 8.04. The number of hydrogen-bond acceptors (Lipinski definition) is 1. The quantitative estimate of drug-likeness (QED) is 0.834. The predicted octanol–water partition coefficient (Wildman–Crippen LogP) is 5.12. The number of carboxylic acids is 1. The lowest BCUT2D eigenvalue weighted by molar-refractivity contribution is -0.138. The molecule has 116 valence electrons. The van der Waals surface area contributed by atoms with Crippen LogP contribution in [0.25, 0.3) is 0 Å². The van der Waals surface area contributed by atoms with Crippen molar-refractivity contribution in [2.45, 2.75) is 71.1 Å². The summed E-state index contributed by atoms with van der Waals surface area (Å²) in [7, 11) is 0. The normalized spacial score (nSPS) is 22.0. The van der Waals surface area contributed by atoms with Crippen molar-refractivity contribution in [1.29, 1.82) is 0 Å². The Bertz CT molecular complexity index is 514. The van der Waals surface area contributed by atoms with Gasteiger partial charge in [0.05, 0.1) is 6.42 Å². The summed E-state index contributed by atoms with van der Waals surface area (Å²) in [5.74, 6) is -0.112.